The summed E-state index contributed by atoms with van der Waals surface area (Å²) in [6.45, 7) is 5.48. The molecule has 0 radical (unpaired) electrons. The summed E-state index contributed by atoms with van der Waals surface area (Å²) < 4.78 is 13.2. The molecule has 0 bridgehead atoms. The van der Waals surface area contributed by atoms with Gasteiger partial charge in [-0.25, -0.2) is 4.39 Å². The fraction of sp³-hybridized carbons (Fsp3) is 0.500. The summed E-state index contributed by atoms with van der Waals surface area (Å²) in [6.07, 6.45) is -0.596. The number of benzene rings is 1. The molecule has 18 heavy (non-hydrogen) atoms. The molecule has 1 rings (SSSR count). The lowest BCUT2D eigenvalue weighted by molar-refractivity contribution is -0.385. The normalized spacial score (nSPS) is 13.4. The highest BCUT2D eigenvalue weighted by Crippen LogP contribution is 2.17. The van der Waals surface area contributed by atoms with Crippen molar-refractivity contribution < 1.29 is 14.4 Å². The molecule has 0 saturated heterocycles. The summed E-state index contributed by atoms with van der Waals surface area (Å²) in [5.74, 6) is -0.643. The van der Waals surface area contributed by atoms with Crippen molar-refractivity contribution >= 4 is 5.69 Å². The Labute approximate surface area is 105 Å². The van der Waals surface area contributed by atoms with Crippen LogP contribution in [-0.4, -0.2) is 21.7 Å². The van der Waals surface area contributed by atoms with Gasteiger partial charge in [-0.3, -0.25) is 10.1 Å². The van der Waals surface area contributed by atoms with E-state index in [-0.39, 0.29) is 12.2 Å². The highest BCUT2D eigenvalue weighted by Gasteiger charge is 2.23. The van der Waals surface area contributed by atoms with E-state index >= 15 is 0 Å². The molecule has 0 fully saturated rings. The van der Waals surface area contributed by atoms with Crippen LogP contribution in [0.2, 0.25) is 0 Å². The van der Waals surface area contributed by atoms with E-state index in [1.165, 1.54) is 12.1 Å². The van der Waals surface area contributed by atoms with Gasteiger partial charge in [0.2, 0.25) is 0 Å². The van der Waals surface area contributed by atoms with Crippen LogP contribution in [0.15, 0.2) is 18.2 Å². The zero-order valence-corrected chi connectivity index (χ0v) is 10.6. The standard InChI is InChI=1S/C12H17FN2O3/c1-8(16)12(2,3)14-7-9-4-10(13)6-11(5-9)15(17)18/h4-6,8,14,16H,7H2,1-3H3. The predicted octanol–water partition coefficient (Wildman–Crippen LogP) is 1.98. The minimum atomic E-state index is -0.643. The van der Waals surface area contributed by atoms with Crippen LogP contribution in [0.4, 0.5) is 10.1 Å². The topological polar surface area (TPSA) is 75.4 Å². The van der Waals surface area contributed by atoms with Crippen molar-refractivity contribution in [1.29, 1.82) is 0 Å². The van der Waals surface area contributed by atoms with E-state index in [4.69, 9.17) is 0 Å². The second kappa shape index (κ2) is 5.41. The van der Waals surface area contributed by atoms with Crippen molar-refractivity contribution in [2.45, 2.75) is 39.0 Å². The van der Waals surface area contributed by atoms with Gasteiger partial charge in [0.1, 0.15) is 5.82 Å². The fourth-order valence-corrected chi connectivity index (χ4v) is 1.32. The molecule has 5 nitrogen and oxygen atoms in total. The van der Waals surface area contributed by atoms with Gasteiger partial charge in [0.05, 0.1) is 17.1 Å². The van der Waals surface area contributed by atoms with E-state index in [9.17, 15) is 19.6 Å². The second-order valence-electron chi connectivity index (χ2n) is 4.83. The zero-order chi connectivity index (χ0) is 13.9. The first-order valence-electron chi connectivity index (χ1n) is 5.59. The van der Waals surface area contributed by atoms with Gasteiger partial charge in [-0.2, -0.15) is 0 Å². The highest BCUT2D eigenvalue weighted by atomic mass is 19.1. The van der Waals surface area contributed by atoms with E-state index in [1.54, 1.807) is 20.8 Å². The third-order valence-corrected chi connectivity index (χ3v) is 2.95. The maximum atomic E-state index is 13.2. The number of nitrogens with zero attached hydrogens (tertiary/aromatic N) is 1. The summed E-state index contributed by atoms with van der Waals surface area (Å²) in [5.41, 5.74) is -0.363. The van der Waals surface area contributed by atoms with E-state index in [1.807, 2.05) is 0 Å². The molecule has 0 aliphatic rings. The molecule has 0 saturated carbocycles. The number of nitrogens with one attached hydrogen (secondary N) is 1. The zero-order valence-electron chi connectivity index (χ0n) is 10.6. The third-order valence-electron chi connectivity index (χ3n) is 2.95. The van der Waals surface area contributed by atoms with Gasteiger partial charge in [-0.1, -0.05) is 0 Å². The summed E-state index contributed by atoms with van der Waals surface area (Å²) >= 11 is 0. The lowest BCUT2D eigenvalue weighted by atomic mass is 9.98. The van der Waals surface area contributed by atoms with Gasteiger partial charge in [-0.05, 0) is 32.4 Å². The first-order chi connectivity index (χ1) is 8.22. The molecule has 1 aromatic carbocycles. The Kier molecular flexibility index (Phi) is 4.37. The SMILES string of the molecule is CC(O)C(C)(C)NCc1cc(F)cc([N+](=O)[O-])c1. The summed E-state index contributed by atoms with van der Waals surface area (Å²) in [7, 11) is 0. The van der Waals surface area contributed by atoms with Crippen LogP contribution in [0.25, 0.3) is 0 Å². The van der Waals surface area contributed by atoms with Crippen molar-refractivity contribution in [2.75, 3.05) is 0 Å². The Bertz CT molecular complexity index is 447. The van der Waals surface area contributed by atoms with Gasteiger partial charge in [-0.15, -0.1) is 0 Å². The molecule has 0 amide bonds. The van der Waals surface area contributed by atoms with E-state index < -0.39 is 22.4 Å². The van der Waals surface area contributed by atoms with E-state index in [0.29, 0.717) is 5.56 Å². The molecular weight excluding hydrogens is 239 g/mol. The van der Waals surface area contributed by atoms with Crippen molar-refractivity contribution in [3.8, 4) is 0 Å². The molecule has 2 N–H and O–H groups in total. The number of hydrogen-bond donors (Lipinski definition) is 2. The number of aliphatic hydroxyl groups excluding tert-OH is 1. The van der Waals surface area contributed by atoms with Gasteiger partial charge >= 0.3 is 0 Å². The minimum absolute atomic E-state index is 0.247. The lowest BCUT2D eigenvalue weighted by Crippen LogP contribution is -2.47. The molecule has 0 heterocycles. The number of aliphatic hydroxyl groups is 1. The second-order valence-corrected chi connectivity index (χ2v) is 4.83. The van der Waals surface area contributed by atoms with Gasteiger partial charge in [0.15, 0.2) is 0 Å². The molecule has 0 spiro atoms. The van der Waals surface area contributed by atoms with Crippen molar-refractivity contribution in [3.05, 3.63) is 39.7 Å². The maximum Gasteiger partial charge on any atom is 0.272 e. The number of halogens is 1. The number of hydrogen-bond acceptors (Lipinski definition) is 4. The van der Waals surface area contributed by atoms with Crippen LogP contribution in [-0.2, 0) is 6.54 Å². The van der Waals surface area contributed by atoms with Crippen LogP contribution in [0, 0.1) is 15.9 Å². The molecule has 0 aliphatic heterocycles. The van der Waals surface area contributed by atoms with Gasteiger partial charge < -0.3 is 10.4 Å². The molecule has 1 aromatic rings. The molecule has 100 valence electrons. The van der Waals surface area contributed by atoms with Gasteiger partial charge in [0, 0.05) is 18.2 Å². The highest BCUT2D eigenvalue weighted by molar-refractivity contribution is 5.35. The van der Waals surface area contributed by atoms with Crippen molar-refractivity contribution in [3.63, 3.8) is 0 Å². The van der Waals surface area contributed by atoms with E-state index in [2.05, 4.69) is 5.32 Å². The van der Waals surface area contributed by atoms with Crippen LogP contribution in [0.1, 0.15) is 26.3 Å². The Balaban J connectivity index is 2.83. The first kappa shape index (κ1) is 14.5. The molecule has 1 unspecified atom stereocenters. The smallest absolute Gasteiger partial charge is 0.272 e. The molecule has 0 aliphatic carbocycles. The Hall–Kier alpha value is -1.53. The summed E-state index contributed by atoms with van der Waals surface area (Å²) in [5, 5.41) is 23.1. The number of rotatable bonds is 5. The van der Waals surface area contributed by atoms with Crippen molar-refractivity contribution in [2.24, 2.45) is 0 Å². The van der Waals surface area contributed by atoms with Crippen LogP contribution in [0.5, 0.6) is 0 Å². The average Bonchev–Trinajstić information content (AvgIpc) is 2.25. The minimum Gasteiger partial charge on any atom is -0.392 e. The Morgan fingerprint density at radius 1 is 1.50 bits per heavy atom. The number of nitro groups is 1. The van der Waals surface area contributed by atoms with Crippen LogP contribution >= 0.6 is 0 Å². The summed E-state index contributed by atoms with van der Waals surface area (Å²) in [6, 6.07) is 3.43. The predicted molar refractivity (Wildman–Crippen MR) is 65.7 cm³/mol. The number of nitro benzene ring substituents is 1. The largest absolute Gasteiger partial charge is 0.392 e. The van der Waals surface area contributed by atoms with E-state index in [0.717, 1.165) is 6.07 Å². The molecule has 0 aromatic heterocycles. The van der Waals surface area contributed by atoms with Crippen molar-refractivity contribution in [1.82, 2.24) is 5.32 Å². The monoisotopic (exact) mass is 256 g/mol. The summed E-state index contributed by atoms with van der Waals surface area (Å²) in [4.78, 5) is 9.96. The lowest BCUT2D eigenvalue weighted by Gasteiger charge is -2.29. The van der Waals surface area contributed by atoms with Crippen LogP contribution in [0.3, 0.4) is 0 Å². The van der Waals surface area contributed by atoms with Gasteiger partial charge in [0.25, 0.3) is 5.69 Å². The first-order valence-corrected chi connectivity index (χ1v) is 5.59. The van der Waals surface area contributed by atoms with Crippen LogP contribution < -0.4 is 5.32 Å². The quantitative estimate of drug-likeness (QED) is 0.624. The molecular formula is C12H17FN2O3. The molecule has 1 atom stereocenters. The Morgan fingerprint density at radius 3 is 2.61 bits per heavy atom. The average molecular weight is 256 g/mol. The number of non-ortho nitro benzene ring substituents is 1. The third kappa shape index (κ3) is 3.75. The molecule has 6 heteroatoms. The fourth-order valence-electron chi connectivity index (χ4n) is 1.32. The Morgan fingerprint density at radius 2 is 2.11 bits per heavy atom. The maximum absolute atomic E-state index is 13.2.